The molecule has 0 amide bonds. The Balaban J connectivity index is 1.96. The molecule has 1 saturated heterocycles. The number of ether oxygens (including phenoxy) is 1. The summed E-state index contributed by atoms with van der Waals surface area (Å²) >= 11 is 0. The van der Waals surface area contributed by atoms with Gasteiger partial charge in [-0.25, -0.2) is 9.97 Å². The van der Waals surface area contributed by atoms with Gasteiger partial charge in [0.1, 0.15) is 17.1 Å². The lowest BCUT2D eigenvalue weighted by atomic mass is 9.99. The normalized spacial score (nSPS) is 16.2. The molecule has 0 saturated carbocycles. The molecule has 3 heterocycles. The molecule has 4 rings (SSSR count). The van der Waals surface area contributed by atoms with E-state index < -0.39 is 0 Å². The zero-order valence-electron chi connectivity index (χ0n) is 12.1. The van der Waals surface area contributed by atoms with Gasteiger partial charge in [0.05, 0.1) is 5.69 Å². The summed E-state index contributed by atoms with van der Waals surface area (Å²) in [5, 5.41) is 10.3. The molecule has 1 aliphatic heterocycles. The molecule has 0 aliphatic carbocycles. The average Bonchev–Trinajstić information content (AvgIpc) is 2.95. The third kappa shape index (κ3) is 2.14. The number of pyridine rings is 1. The van der Waals surface area contributed by atoms with Crippen molar-refractivity contribution in [3.05, 3.63) is 48.4 Å². The highest BCUT2D eigenvalue weighted by atomic mass is 16.5. The van der Waals surface area contributed by atoms with Crippen LogP contribution in [-0.2, 0) is 4.74 Å². The highest BCUT2D eigenvalue weighted by molar-refractivity contribution is 5.75. The standard InChI is InChI=1S/C17H17N3O2/c21-15-6-2-1-5-14(15)20-16(12-7-10-22-11-8-12)19-13-4-3-9-18-17(13)20/h1-6,9,12,21H,7-8,10-11H2. The zero-order valence-corrected chi connectivity index (χ0v) is 12.1. The van der Waals surface area contributed by atoms with Gasteiger partial charge in [0, 0.05) is 25.3 Å². The van der Waals surface area contributed by atoms with Crippen LogP contribution in [0.25, 0.3) is 16.9 Å². The number of phenolic OH excluding ortho intramolecular Hbond substituents is 1. The van der Waals surface area contributed by atoms with Gasteiger partial charge in [-0.3, -0.25) is 4.57 Å². The van der Waals surface area contributed by atoms with Gasteiger partial charge in [0.2, 0.25) is 0 Å². The van der Waals surface area contributed by atoms with Crippen molar-refractivity contribution in [2.45, 2.75) is 18.8 Å². The Bertz CT molecular complexity index is 807. The second-order valence-corrected chi connectivity index (χ2v) is 5.53. The molecule has 0 spiro atoms. The van der Waals surface area contributed by atoms with E-state index in [4.69, 9.17) is 9.72 Å². The summed E-state index contributed by atoms with van der Waals surface area (Å²) in [6, 6.07) is 11.2. The molecule has 22 heavy (non-hydrogen) atoms. The molecule has 3 aromatic rings. The predicted molar refractivity (Wildman–Crippen MR) is 83.3 cm³/mol. The topological polar surface area (TPSA) is 60.2 Å². The van der Waals surface area contributed by atoms with Crippen molar-refractivity contribution in [3.63, 3.8) is 0 Å². The number of fused-ring (bicyclic) bond motifs is 1. The van der Waals surface area contributed by atoms with Crippen molar-refractivity contribution in [1.82, 2.24) is 14.5 Å². The molecule has 0 unspecified atom stereocenters. The number of phenols is 1. The molecule has 1 N–H and O–H groups in total. The van der Waals surface area contributed by atoms with E-state index in [1.54, 1.807) is 12.3 Å². The van der Waals surface area contributed by atoms with E-state index in [-0.39, 0.29) is 5.75 Å². The highest BCUT2D eigenvalue weighted by Crippen LogP contribution is 2.33. The van der Waals surface area contributed by atoms with Gasteiger partial charge in [0.15, 0.2) is 5.65 Å². The fourth-order valence-electron chi connectivity index (χ4n) is 3.05. The SMILES string of the molecule is Oc1ccccc1-n1c(C2CCOCC2)nc2cccnc21. The average molecular weight is 295 g/mol. The summed E-state index contributed by atoms with van der Waals surface area (Å²) in [4.78, 5) is 9.26. The molecular formula is C17H17N3O2. The van der Waals surface area contributed by atoms with Gasteiger partial charge >= 0.3 is 0 Å². The number of para-hydroxylation sites is 2. The van der Waals surface area contributed by atoms with Crippen LogP contribution in [0.2, 0.25) is 0 Å². The maximum Gasteiger partial charge on any atom is 0.164 e. The third-order valence-corrected chi connectivity index (χ3v) is 4.15. The second-order valence-electron chi connectivity index (χ2n) is 5.53. The smallest absolute Gasteiger partial charge is 0.164 e. The van der Waals surface area contributed by atoms with Crippen LogP contribution in [0.3, 0.4) is 0 Å². The molecule has 5 nitrogen and oxygen atoms in total. The van der Waals surface area contributed by atoms with Crippen LogP contribution in [0.1, 0.15) is 24.6 Å². The first-order chi connectivity index (χ1) is 10.8. The van der Waals surface area contributed by atoms with E-state index in [0.717, 1.165) is 48.7 Å². The Hall–Kier alpha value is -2.40. The summed E-state index contributed by atoms with van der Waals surface area (Å²) in [5.41, 5.74) is 2.36. The molecule has 1 fully saturated rings. The van der Waals surface area contributed by atoms with E-state index in [1.807, 2.05) is 34.9 Å². The number of hydrogen-bond acceptors (Lipinski definition) is 4. The maximum absolute atomic E-state index is 10.3. The van der Waals surface area contributed by atoms with Crippen molar-refractivity contribution in [2.24, 2.45) is 0 Å². The van der Waals surface area contributed by atoms with Crippen LogP contribution in [0, 0.1) is 0 Å². The van der Waals surface area contributed by atoms with Gasteiger partial charge in [-0.05, 0) is 37.1 Å². The Morgan fingerprint density at radius 2 is 1.91 bits per heavy atom. The van der Waals surface area contributed by atoms with Crippen LogP contribution in [0.15, 0.2) is 42.6 Å². The summed E-state index contributed by atoms with van der Waals surface area (Å²) in [5.74, 6) is 1.52. The van der Waals surface area contributed by atoms with E-state index >= 15 is 0 Å². The lowest BCUT2D eigenvalue weighted by molar-refractivity contribution is 0.0834. The number of aromatic hydroxyl groups is 1. The molecule has 5 heteroatoms. The summed E-state index contributed by atoms with van der Waals surface area (Å²) < 4.78 is 7.45. The van der Waals surface area contributed by atoms with Crippen LogP contribution in [0.5, 0.6) is 5.75 Å². The molecular weight excluding hydrogens is 278 g/mol. The Labute approximate surface area is 128 Å². The molecule has 0 radical (unpaired) electrons. The monoisotopic (exact) mass is 295 g/mol. The lowest BCUT2D eigenvalue weighted by Gasteiger charge is -2.22. The molecule has 1 aromatic carbocycles. The summed E-state index contributed by atoms with van der Waals surface area (Å²) in [6.45, 7) is 1.50. The van der Waals surface area contributed by atoms with Crippen molar-refractivity contribution in [2.75, 3.05) is 13.2 Å². The van der Waals surface area contributed by atoms with Crippen molar-refractivity contribution in [3.8, 4) is 11.4 Å². The second kappa shape index (κ2) is 5.42. The number of rotatable bonds is 2. The number of benzene rings is 1. The minimum absolute atomic E-state index is 0.237. The minimum atomic E-state index is 0.237. The first-order valence-electron chi connectivity index (χ1n) is 7.54. The minimum Gasteiger partial charge on any atom is -0.506 e. The molecule has 0 bridgehead atoms. The van der Waals surface area contributed by atoms with Gasteiger partial charge in [-0.1, -0.05) is 12.1 Å². The molecule has 0 atom stereocenters. The lowest BCUT2D eigenvalue weighted by Crippen LogP contribution is -2.17. The molecule has 112 valence electrons. The largest absolute Gasteiger partial charge is 0.506 e. The molecule has 2 aromatic heterocycles. The quantitative estimate of drug-likeness (QED) is 0.789. The van der Waals surface area contributed by atoms with Crippen LogP contribution in [-0.4, -0.2) is 32.9 Å². The third-order valence-electron chi connectivity index (χ3n) is 4.15. The van der Waals surface area contributed by atoms with Crippen molar-refractivity contribution in [1.29, 1.82) is 0 Å². The van der Waals surface area contributed by atoms with Gasteiger partial charge in [-0.15, -0.1) is 0 Å². The van der Waals surface area contributed by atoms with Crippen molar-refractivity contribution >= 4 is 11.2 Å². The Morgan fingerprint density at radius 1 is 1.09 bits per heavy atom. The van der Waals surface area contributed by atoms with Gasteiger partial charge in [-0.2, -0.15) is 0 Å². The fourth-order valence-corrected chi connectivity index (χ4v) is 3.05. The van der Waals surface area contributed by atoms with Crippen LogP contribution < -0.4 is 0 Å². The first-order valence-corrected chi connectivity index (χ1v) is 7.54. The Kier molecular flexibility index (Phi) is 3.27. The summed E-state index contributed by atoms with van der Waals surface area (Å²) in [7, 11) is 0. The van der Waals surface area contributed by atoms with Crippen molar-refractivity contribution < 1.29 is 9.84 Å². The number of hydrogen-bond donors (Lipinski definition) is 1. The maximum atomic E-state index is 10.3. The number of nitrogens with zero attached hydrogens (tertiary/aromatic N) is 3. The van der Waals surface area contributed by atoms with Crippen LogP contribution in [0.4, 0.5) is 0 Å². The van der Waals surface area contributed by atoms with E-state index in [2.05, 4.69) is 4.98 Å². The number of imidazole rings is 1. The van der Waals surface area contributed by atoms with E-state index in [9.17, 15) is 5.11 Å². The Morgan fingerprint density at radius 3 is 2.73 bits per heavy atom. The predicted octanol–water partition coefficient (Wildman–Crippen LogP) is 3.02. The first kappa shape index (κ1) is 13.3. The van der Waals surface area contributed by atoms with E-state index in [0.29, 0.717) is 5.92 Å². The van der Waals surface area contributed by atoms with E-state index in [1.165, 1.54) is 0 Å². The molecule has 1 aliphatic rings. The highest BCUT2D eigenvalue weighted by Gasteiger charge is 2.24. The summed E-state index contributed by atoms with van der Waals surface area (Å²) in [6.07, 6.45) is 3.64. The van der Waals surface area contributed by atoms with Gasteiger partial charge < -0.3 is 9.84 Å². The van der Waals surface area contributed by atoms with Crippen LogP contribution >= 0.6 is 0 Å². The van der Waals surface area contributed by atoms with Gasteiger partial charge in [0.25, 0.3) is 0 Å². The number of aromatic nitrogens is 3. The fraction of sp³-hybridized carbons (Fsp3) is 0.294. The zero-order chi connectivity index (χ0) is 14.9.